The van der Waals surface area contributed by atoms with Gasteiger partial charge in [-0.05, 0) is 25.9 Å². The van der Waals surface area contributed by atoms with E-state index in [0.717, 1.165) is 25.9 Å². The van der Waals surface area contributed by atoms with E-state index in [4.69, 9.17) is 4.74 Å². The van der Waals surface area contributed by atoms with Gasteiger partial charge in [0.25, 0.3) is 5.56 Å². The van der Waals surface area contributed by atoms with Gasteiger partial charge in [-0.3, -0.25) is 19.2 Å². The van der Waals surface area contributed by atoms with Crippen LogP contribution in [-0.4, -0.2) is 62.6 Å². The summed E-state index contributed by atoms with van der Waals surface area (Å²) in [4.78, 5) is 27.4. The van der Waals surface area contributed by atoms with Gasteiger partial charge in [0, 0.05) is 12.3 Å². The van der Waals surface area contributed by atoms with Crippen LogP contribution in [0.1, 0.15) is 19.1 Å². The molecule has 3 rings (SSSR count). The number of hydrogen-bond donors (Lipinski definition) is 3. The summed E-state index contributed by atoms with van der Waals surface area (Å²) < 4.78 is 6.92. The van der Waals surface area contributed by atoms with Crippen molar-refractivity contribution in [1.29, 1.82) is 0 Å². The maximum atomic E-state index is 12.0. The topological polar surface area (TPSA) is 108 Å². The van der Waals surface area contributed by atoms with Crippen molar-refractivity contribution in [2.24, 2.45) is 0 Å². The van der Waals surface area contributed by atoms with Crippen molar-refractivity contribution >= 4 is 0 Å². The highest BCUT2D eigenvalue weighted by atomic mass is 16.5. The number of likely N-dealkylation sites (tertiary alicyclic amines) is 1. The smallest absolute Gasteiger partial charge is 0.330 e. The highest BCUT2D eigenvalue weighted by Gasteiger charge is 2.48. The van der Waals surface area contributed by atoms with Gasteiger partial charge in [-0.15, -0.1) is 0 Å². The second-order valence-corrected chi connectivity index (χ2v) is 5.49. The molecular weight excluding hydrogens is 278 g/mol. The molecule has 0 radical (unpaired) electrons. The van der Waals surface area contributed by atoms with Gasteiger partial charge in [0.1, 0.15) is 12.2 Å². The molecule has 0 unspecified atom stereocenters. The van der Waals surface area contributed by atoms with Crippen LogP contribution in [0.4, 0.5) is 0 Å². The Morgan fingerprint density at radius 3 is 2.67 bits per heavy atom. The molecule has 0 saturated carbocycles. The van der Waals surface area contributed by atoms with E-state index in [0.29, 0.717) is 0 Å². The fourth-order valence-corrected chi connectivity index (χ4v) is 3.17. The summed E-state index contributed by atoms with van der Waals surface area (Å²) in [6.07, 6.45) is 1.08. The minimum Gasteiger partial charge on any atom is -0.394 e. The van der Waals surface area contributed by atoms with Crippen LogP contribution < -0.4 is 11.2 Å². The molecule has 4 atom stereocenters. The van der Waals surface area contributed by atoms with Crippen LogP contribution in [0.2, 0.25) is 0 Å². The first-order valence-electron chi connectivity index (χ1n) is 7.11. The highest BCUT2D eigenvalue weighted by molar-refractivity contribution is 4.98. The lowest BCUT2D eigenvalue weighted by atomic mass is 10.1. The van der Waals surface area contributed by atoms with Crippen LogP contribution >= 0.6 is 0 Å². The molecule has 2 aliphatic rings. The third-order valence-electron chi connectivity index (χ3n) is 4.20. The Bertz CT molecular complexity index is 606. The van der Waals surface area contributed by atoms with Gasteiger partial charge in [0.05, 0.1) is 12.6 Å². The van der Waals surface area contributed by atoms with Crippen LogP contribution in [-0.2, 0) is 4.74 Å². The van der Waals surface area contributed by atoms with Crippen molar-refractivity contribution in [2.45, 2.75) is 37.3 Å². The minimum atomic E-state index is -0.878. The molecular formula is C13H19N3O5. The lowest BCUT2D eigenvalue weighted by Crippen LogP contribution is -2.47. The second kappa shape index (κ2) is 5.72. The van der Waals surface area contributed by atoms with Gasteiger partial charge in [-0.1, -0.05) is 0 Å². The van der Waals surface area contributed by atoms with Crippen molar-refractivity contribution in [3.05, 3.63) is 33.1 Å². The van der Waals surface area contributed by atoms with Gasteiger partial charge in [0.15, 0.2) is 6.23 Å². The number of ether oxygens (including phenoxy) is 1. The van der Waals surface area contributed by atoms with Crippen LogP contribution in [0.15, 0.2) is 21.9 Å². The van der Waals surface area contributed by atoms with Crippen molar-refractivity contribution < 1.29 is 14.9 Å². The van der Waals surface area contributed by atoms with Crippen molar-refractivity contribution in [3.8, 4) is 0 Å². The fourth-order valence-electron chi connectivity index (χ4n) is 3.17. The van der Waals surface area contributed by atoms with Gasteiger partial charge in [-0.25, -0.2) is 4.79 Å². The molecule has 8 nitrogen and oxygen atoms in total. The number of nitrogens with one attached hydrogen (secondary N) is 1. The first-order valence-corrected chi connectivity index (χ1v) is 7.11. The summed E-state index contributed by atoms with van der Waals surface area (Å²) in [5.41, 5.74) is -1.06. The molecule has 3 N–H and O–H groups in total. The molecule has 8 heteroatoms. The number of H-pyrrole nitrogens is 1. The molecule has 0 bridgehead atoms. The molecule has 2 fully saturated rings. The van der Waals surface area contributed by atoms with Crippen LogP contribution in [0.25, 0.3) is 0 Å². The predicted molar refractivity (Wildman–Crippen MR) is 72.9 cm³/mol. The second-order valence-electron chi connectivity index (χ2n) is 5.49. The standard InChI is InChI=1S/C13H19N3O5/c17-7-8-11(19)10(15-4-1-2-5-15)12(21-8)16-6-3-9(18)14-13(16)20/h3,6,8,10-12,17,19H,1-2,4-5,7H2,(H,14,18,20)/t8-,10-,11+,12-/m1/s1. The van der Waals surface area contributed by atoms with Crippen LogP contribution in [0.5, 0.6) is 0 Å². The van der Waals surface area contributed by atoms with Crippen molar-refractivity contribution in [2.75, 3.05) is 19.7 Å². The zero-order valence-corrected chi connectivity index (χ0v) is 11.5. The molecule has 0 aromatic carbocycles. The fraction of sp³-hybridized carbons (Fsp3) is 0.692. The third-order valence-corrected chi connectivity index (χ3v) is 4.20. The Morgan fingerprint density at radius 1 is 1.33 bits per heavy atom. The average Bonchev–Trinajstić information content (AvgIpc) is 3.06. The number of rotatable bonds is 3. The summed E-state index contributed by atoms with van der Waals surface area (Å²) in [5, 5.41) is 19.7. The van der Waals surface area contributed by atoms with Crippen LogP contribution in [0.3, 0.4) is 0 Å². The Morgan fingerprint density at radius 2 is 2.05 bits per heavy atom. The number of aliphatic hydroxyl groups excluding tert-OH is 2. The zero-order valence-electron chi connectivity index (χ0n) is 11.5. The number of nitrogens with zero attached hydrogens (tertiary/aromatic N) is 2. The summed E-state index contributed by atoms with van der Waals surface area (Å²) in [7, 11) is 0. The number of aromatic amines is 1. The van der Waals surface area contributed by atoms with E-state index >= 15 is 0 Å². The van der Waals surface area contributed by atoms with Gasteiger partial charge in [-0.2, -0.15) is 0 Å². The molecule has 21 heavy (non-hydrogen) atoms. The first-order chi connectivity index (χ1) is 10.1. The van der Waals surface area contributed by atoms with Gasteiger partial charge in [0.2, 0.25) is 0 Å². The lowest BCUT2D eigenvalue weighted by molar-refractivity contribution is -0.0497. The normalized spacial score (nSPS) is 33.6. The quantitative estimate of drug-likeness (QED) is 0.611. The summed E-state index contributed by atoms with van der Waals surface area (Å²) in [6, 6.07) is 0.832. The molecule has 1 aromatic rings. The van der Waals surface area contributed by atoms with E-state index in [9.17, 15) is 19.8 Å². The van der Waals surface area contributed by atoms with Crippen LogP contribution in [0, 0.1) is 0 Å². The van der Waals surface area contributed by atoms with E-state index in [1.807, 2.05) is 0 Å². The predicted octanol–water partition coefficient (Wildman–Crippen LogP) is -1.75. The van der Waals surface area contributed by atoms with Crippen molar-refractivity contribution in [1.82, 2.24) is 14.5 Å². The van der Waals surface area contributed by atoms with Gasteiger partial charge >= 0.3 is 5.69 Å². The van der Waals surface area contributed by atoms with Gasteiger partial charge < -0.3 is 14.9 Å². The lowest BCUT2D eigenvalue weighted by Gasteiger charge is -2.30. The highest BCUT2D eigenvalue weighted by Crippen LogP contribution is 2.33. The van der Waals surface area contributed by atoms with E-state index < -0.39 is 35.7 Å². The van der Waals surface area contributed by atoms with E-state index in [2.05, 4.69) is 9.88 Å². The summed E-state index contributed by atoms with van der Waals surface area (Å²) in [5.74, 6) is 0. The molecule has 0 spiro atoms. The Kier molecular flexibility index (Phi) is 3.94. The van der Waals surface area contributed by atoms with E-state index in [-0.39, 0.29) is 6.61 Å². The summed E-state index contributed by atoms with van der Waals surface area (Å²) in [6.45, 7) is 1.32. The number of aromatic nitrogens is 2. The number of aliphatic hydroxyl groups is 2. The summed E-state index contributed by atoms with van der Waals surface area (Å²) >= 11 is 0. The average molecular weight is 297 g/mol. The molecule has 0 amide bonds. The van der Waals surface area contributed by atoms with E-state index in [1.165, 1.54) is 16.8 Å². The number of hydrogen-bond acceptors (Lipinski definition) is 6. The Labute approximate surface area is 120 Å². The maximum absolute atomic E-state index is 12.0. The molecule has 2 aliphatic heterocycles. The minimum absolute atomic E-state index is 0.319. The largest absolute Gasteiger partial charge is 0.394 e. The molecule has 2 saturated heterocycles. The molecule has 116 valence electrons. The zero-order chi connectivity index (χ0) is 15.0. The SMILES string of the molecule is O=c1ccn([C@@H]2O[C@H](CO)[C@H](O)[C@H]2N2CCCC2)c(=O)[nH]1. The Balaban J connectivity index is 1.97. The molecule has 0 aliphatic carbocycles. The molecule has 1 aromatic heterocycles. The molecule has 3 heterocycles. The third kappa shape index (κ3) is 2.55. The van der Waals surface area contributed by atoms with E-state index in [1.54, 1.807) is 0 Å². The van der Waals surface area contributed by atoms with Crippen molar-refractivity contribution in [3.63, 3.8) is 0 Å². The Hall–Kier alpha value is -1.48. The first kappa shape index (κ1) is 14.5. The monoisotopic (exact) mass is 297 g/mol. The maximum Gasteiger partial charge on any atom is 0.330 e.